The fourth-order valence-corrected chi connectivity index (χ4v) is 3.38. The van der Waals surface area contributed by atoms with E-state index in [-0.39, 0.29) is 23.8 Å². The van der Waals surface area contributed by atoms with Gasteiger partial charge in [0.05, 0.1) is 19.1 Å². The number of benzene rings is 1. The Balaban J connectivity index is 1.56. The summed E-state index contributed by atoms with van der Waals surface area (Å²) in [5, 5.41) is 0.387. The van der Waals surface area contributed by atoms with Gasteiger partial charge >= 0.3 is 5.97 Å². The maximum absolute atomic E-state index is 13.0. The molecule has 1 fully saturated rings. The Morgan fingerprint density at radius 1 is 1.31 bits per heavy atom. The van der Waals surface area contributed by atoms with E-state index in [1.54, 1.807) is 6.07 Å². The van der Waals surface area contributed by atoms with Crippen molar-refractivity contribution in [2.45, 2.75) is 71.5 Å². The second kappa shape index (κ2) is 10.9. The molecule has 146 valence electrons. The van der Waals surface area contributed by atoms with Crippen molar-refractivity contribution in [2.75, 3.05) is 6.61 Å². The van der Waals surface area contributed by atoms with E-state index in [4.69, 9.17) is 21.1 Å². The third kappa shape index (κ3) is 6.88. The average Bonchev–Trinajstić information content (AvgIpc) is 2.57. The fraction of sp³-hybridized carbons (Fsp3) is 0.667. The van der Waals surface area contributed by atoms with Gasteiger partial charge in [0.15, 0.2) is 0 Å². The molecule has 0 aliphatic heterocycles. The lowest BCUT2D eigenvalue weighted by Gasteiger charge is -2.35. The predicted octanol–water partition coefficient (Wildman–Crippen LogP) is 5.92. The summed E-state index contributed by atoms with van der Waals surface area (Å²) >= 11 is 5.98. The molecule has 1 aliphatic rings. The van der Waals surface area contributed by atoms with Crippen LogP contribution in [0.15, 0.2) is 18.2 Å². The summed E-state index contributed by atoms with van der Waals surface area (Å²) in [6.07, 6.45) is 7.37. The molecule has 0 saturated heterocycles. The largest absolute Gasteiger partial charge is 0.462 e. The number of unbranched alkanes of at least 4 members (excludes halogenated alkanes) is 3. The molecule has 0 heterocycles. The molecule has 2 rings (SSSR count). The Hall–Kier alpha value is -1.13. The molecule has 0 radical (unpaired) electrons. The first-order chi connectivity index (χ1) is 12.5. The molecule has 1 atom stereocenters. The number of hydrogen-bond donors (Lipinski definition) is 0. The van der Waals surface area contributed by atoms with Crippen LogP contribution in [0.25, 0.3) is 0 Å². The molecule has 0 aromatic heterocycles. The van der Waals surface area contributed by atoms with Gasteiger partial charge in [0.25, 0.3) is 0 Å². The Morgan fingerprint density at radius 3 is 2.77 bits per heavy atom. The summed E-state index contributed by atoms with van der Waals surface area (Å²) in [5.41, 5.74) is 0.785. The third-order valence-electron chi connectivity index (χ3n) is 4.99. The molecule has 1 unspecified atom stereocenters. The van der Waals surface area contributed by atoms with Gasteiger partial charge in [0, 0.05) is 5.02 Å². The molecule has 1 aromatic rings. The van der Waals surface area contributed by atoms with Gasteiger partial charge in [0.2, 0.25) is 0 Å². The van der Waals surface area contributed by atoms with Gasteiger partial charge in [-0.15, -0.1) is 0 Å². The smallest absolute Gasteiger partial charge is 0.308 e. The van der Waals surface area contributed by atoms with Gasteiger partial charge in [0.1, 0.15) is 11.9 Å². The van der Waals surface area contributed by atoms with Crippen LogP contribution < -0.4 is 0 Å². The highest BCUT2D eigenvalue weighted by molar-refractivity contribution is 6.31. The summed E-state index contributed by atoms with van der Waals surface area (Å²) in [4.78, 5) is 12.1. The molecule has 0 amide bonds. The Bertz CT molecular complexity index is 572. The van der Waals surface area contributed by atoms with Crippen molar-refractivity contribution in [1.82, 2.24) is 0 Å². The van der Waals surface area contributed by atoms with Crippen LogP contribution in [-0.4, -0.2) is 18.7 Å². The molecular weight excluding hydrogens is 355 g/mol. The number of carbonyl (C=O) groups is 1. The van der Waals surface area contributed by atoms with E-state index >= 15 is 0 Å². The lowest BCUT2D eigenvalue weighted by Crippen LogP contribution is -2.36. The minimum atomic E-state index is -0.345. The fourth-order valence-electron chi connectivity index (χ4n) is 3.16. The van der Waals surface area contributed by atoms with Crippen molar-refractivity contribution in [1.29, 1.82) is 0 Å². The molecule has 1 saturated carbocycles. The van der Waals surface area contributed by atoms with Crippen LogP contribution in [0, 0.1) is 17.7 Å². The Kier molecular flexibility index (Phi) is 8.86. The SMILES string of the molecule is CCCCCCC(C)C(=O)OC1CC(COCc2ccc(F)cc2Cl)C1. The topological polar surface area (TPSA) is 35.5 Å². The predicted molar refractivity (Wildman–Crippen MR) is 102 cm³/mol. The number of carbonyl (C=O) groups excluding carboxylic acids is 1. The Morgan fingerprint density at radius 2 is 2.08 bits per heavy atom. The minimum Gasteiger partial charge on any atom is -0.462 e. The van der Waals surface area contributed by atoms with E-state index in [1.807, 2.05) is 6.92 Å². The summed E-state index contributed by atoms with van der Waals surface area (Å²) in [6, 6.07) is 4.32. The Labute approximate surface area is 161 Å². The molecule has 1 aromatic carbocycles. The van der Waals surface area contributed by atoms with E-state index in [2.05, 4.69) is 6.92 Å². The molecule has 0 bridgehead atoms. The van der Waals surface area contributed by atoms with Crippen molar-refractivity contribution in [2.24, 2.45) is 11.8 Å². The molecule has 3 nitrogen and oxygen atoms in total. The number of ether oxygens (including phenoxy) is 2. The highest BCUT2D eigenvalue weighted by Crippen LogP contribution is 2.31. The first-order valence-corrected chi connectivity index (χ1v) is 10.1. The zero-order chi connectivity index (χ0) is 18.9. The van der Waals surface area contributed by atoms with E-state index in [0.717, 1.165) is 31.2 Å². The van der Waals surface area contributed by atoms with Gasteiger partial charge < -0.3 is 9.47 Å². The third-order valence-corrected chi connectivity index (χ3v) is 5.35. The van der Waals surface area contributed by atoms with E-state index in [1.165, 1.54) is 31.4 Å². The van der Waals surface area contributed by atoms with Crippen molar-refractivity contribution in [3.05, 3.63) is 34.6 Å². The van der Waals surface area contributed by atoms with Gasteiger partial charge in [-0.3, -0.25) is 4.79 Å². The summed E-state index contributed by atoms with van der Waals surface area (Å²) in [6.45, 7) is 5.12. The van der Waals surface area contributed by atoms with Crippen LogP contribution in [0.4, 0.5) is 4.39 Å². The minimum absolute atomic E-state index is 0.0113. The van der Waals surface area contributed by atoms with Crippen LogP contribution in [-0.2, 0) is 20.9 Å². The van der Waals surface area contributed by atoms with Gasteiger partial charge in [-0.1, -0.05) is 57.2 Å². The van der Waals surface area contributed by atoms with Gasteiger partial charge in [-0.2, -0.15) is 0 Å². The van der Waals surface area contributed by atoms with Crippen molar-refractivity contribution in [3.8, 4) is 0 Å². The molecule has 0 spiro atoms. The second-order valence-electron chi connectivity index (χ2n) is 7.40. The highest BCUT2D eigenvalue weighted by atomic mass is 35.5. The van der Waals surface area contributed by atoms with Crippen LogP contribution in [0.5, 0.6) is 0 Å². The maximum atomic E-state index is 13.0. The lowest BCUT2D eigenvalue weighted by molar-refractivity contribution is -0.162. The van der Waals surface area contributed by atoms with E-state index in [0.29, 0.717) is 24.2 Å². The summed E-state index contributed by atoms with van der Waals surface area (Å²) < 4.78 is 24.3. The molecule has 26 heavy (non-hydrogen) atoms. The lowest BCUT2D eigenvalue weighted by atomic mass is 9.83. The van der Waals surface area contributed by atoms with Crippen LogP contribution in [0.1, 0.15) is 64.4 Å². The van der Waals surface area contributed by atoms with Gasteiger partial charge in [-0.05, 0) is 42.9 Å². The quantitative estimate of drug-likeness (QED) is 0.350. The highest BCUT2D eigenvalue weighted by Gasteiger charge is 2.33. The van der Waals surface area contributed by atoms with Crippen molar-refractivity contribution >= 4 is 17.6 Å². The number of hydrogen-bond acceptors (Lipinski definition) is 3. The van der Waals surface area contributed by atoms with Gasteiger partial charge in [-0.25, -0.2) is 4.39 Å². The van der Waals surface area contributed by atoms with Crippen LogP contribution >= 0.6 is 11.6 Å². The number of rotatable bonds is 11. The average molecular weight is 385 g/mol. The molecule has 0 N–H and O–H groups in total. The first kappa shape index (κ1) is 21.2. The number of esters is 1. The molecule has 5 heteroatoms. The standard InChI is InChI=1S/C21H30ClFO3/c1-3-4-5-6-7-15(2)21(24)26-19-10-16(11-19)13-25-14-17-8-9-18(23)12-20(17)22/h8-9,12,15-16,19H,3-7,10-11,13-14H2,1-2H3. The van der Waals surface area contributed by atoms with E-state index < -0.39 is 0 Å². The molecular formula is C21H30ClFO3. The number of halogens is 2. The van der Waals surface area contributed by atoms with Crippen molar-refractivity contribution in [3.63, 3.8) is 0 Å². The zero-order valence-electron chi connectivity index (χ0n) is 15.8. The maximum Gasteiger partial charge on any atom is 0.308 e. The van der Waals surface area contributed by atoms with Crippen molar-refractivity contribution < 1.29 is 18.7 Å². The first-order valence-electron chi connectivity index (χ1n) is 9.71. The van der Waals surface area contributed by atoms with Crippen LogP contribution in [0.2, 0.25) is 5.02 Å². The molecule has 1 aliphatic carbocycles. The summed E-state index contributed by atoms with van der Waals surface area (Å²) in [7, 11) is 0. The normalized spacial score (nSPS) is 20.5. The zero-order valence-corrected chi connectivity index (χ0v) is 16.6. The van der Waals surface area contributed by atoms with E-state index in [9.17, 15) is 9.18 Å². The second-order valence-corrected chi connectivity index (χ2v) is 7.80. The van der Waals surface area contributed by atoms with Crippen LogP contribution in [0.3, 0.4) is 0 Å². The summed E-state index contributed by atoms with van der Waals surface area (Å²) in [5.74, 6) is -0.0133. The monoisotopic (exact) mass is 384 g/mol.